The summed E-state index contributed by atoms with van der Waals surface area (Å²) in [6.07, 6.45) is 1.03. The van der Waals surface area contributed by atoms with Crippen LogP contribution in [-0.4, -0.2) is 53.3 Å². The number of fused-ring (bicyclic) bond motifs is 1. The van der Waals surface area contributed by atoms with Crippen molar-refractivity contribution in [3.63, 3.8) is 0 Å². The first-order chi connectivity index (χ1) is 15.1. The van der Waals surface area contributed by atoms with Crippen molar-refractivity contribution in [3.05, 3.63) is 53.3 Å². The van der Waals surface area contributed by atoms with Crippen LogP contribution in [0.4, 0.5) is 5.69 Å². The van der Waals surface area contributed by atoms with Gasteiger partial charge in [0.25, 0.3) is 5.91 Å². The maximum absolute atomic E-state index is 12.3. The van der Waals surface area contributed by atoms with E-state index in [1.165, 1.54) is 0 Å². The third-order valence-corrected chi connectivity index (χ3v) is 5.46. The van der Waals surface area contributed by atoms with E-state index in [2.05, 4.69) is 21.7 Å². The van der Waals surface area contributed by atoms with E-state index in [4.69, 9.17) is 26.1 Å². The van der Waals surface area contributed by atoms with Crippen LogP contribution < -0.4 is 10.1 Å². The van der Waals surface area contributed by atoms with Gasteiger partial charge in [0.15, 0.2) is 6.61 Å². The summed E-state index contributed by atoms with van der Waals surface area (Å²) in [4.78, 5) is 19.6. The highest BCUT2D eigenvalue weighted by molar-refractivity contribution is 6.30. The van der Waals surface area contributed by atoms with Crippen molar-refractivity contribution in [1.82, 2.24) is 14.5 Å². The lowest BCUT2D eigenvalue weighted by Gasteiger charge is -2.26. The van der Waals surface area contributed by atoms with Crippen LogP contribution in [-0.2, 0) is 22.6 Å². The molecule has 0 spiro atoms. The summed E-state index contributed by atoms with van der Waals surface area (Å²) < 4.78 is 13.2. The molecule has 1 N–H and O–H groups in total. The number of nitrogens with zero attached hydrogens (tertiary/aromatic N) is 3. The molecule has 0 aliphatic carbocycles. The first-order valence-corrected chi connectivity index (χ1v) is 11.0. The Balaban J connectivity index is 1.44. The predicted octanol–water partition coefficient (Wildman–Crippen LogP) is 3.95. The molecule has 1 saturated heterocycles. The SMILES string of the molecule is CCCn1c(CN2CCOCC2)nc2cc(NC(=O)COc3ccc(Cl)cc3)ccc21. The molecule has 2 heterocycles. The molecule has 1 aliphatic heterocycles. The Morgan fingerprint density at radius 3 is 2.71 bits per heavy atom. The fourth-order valence-electron chi connectivity index (χ4n) is 3.69. The molecule has 1 amide bonds. The molecule has 0 saturated carbocycles. The quantitative estimate of drug-likeness (QED) is 0.572. The summed E-state index contributed by atoms with van der Waals surface area (Å²) in [7, 11) is 0. The van der Waals surface area contributed by atoms with E-state index in [9.17, 15) is 4.79 Å². The van der Waals surface area contributed by atoms with E-state index in [0.717, 1.165) is 62.7 Å². The second kappa shape index (κ2) is 10.1. The Morgan fingerprint density at radius 1 is 1.19 bits per heavy atom. The van der Waals surface area contributed by atoms with Gasteiger partial charge in [-0.3, -0.25) is 9.69 Å². The number of rotatable bonds is 8. The molecule has 1 aromatic heterocycles. The number of imidazole rings is 1. The van der Waals surface area contributed by atoms with E-state index < -0.39 is 0 Å². The van der Waals surface area contributed by atoms with Gasteiger partial charge >= 0.3 is 0 Å². The number of hydrogen-bond donors (Lipinski definition) is 1. The largest absolute Gasteiger partial charge is 0.484 e. The Hall–Kier alpha value is -2.61. The zero-order valence-electron chi connectivity index (χ0n) is 17.6. The summed E-state index contributed by atoms with van der Waals surface area (Å²) in [5.41, 5.74) is 2.67. The van der Waals surface area contributed by atoms with Crippen molar-refractivity contribution < 1.29 is 14.3 Å². The molecule has 3 aromatic rings. The number of ether oxygens (including phenoxy) is 2. The van der Waals surface area contributed by atoms with Gasteiger partial charge in [0.2, 0.25) is 0 Å². The number of halogens is 1. The van der Waals surface area contributed by atoms with Crippen LogP contribution in [0.5, 0.6) is 5.75 Å². The van der Waals surface area contributed by atoms with Gasteiger partial charge in [0.05, 0.1) is 30.8 Å². The number of nitrogens with one attached hydrogen (secondary N) is 1. The van der Waals surface area contributed by atoms with Crippen LogP contribution in [0.25, 0.3) is 11.0 Å². The summed E-state index contributed by atoms with van der Waals surface area (Å²) in [5, 5.41) is 3.52. The maximum Gasteiger partial charge on any atom is 0.262 e. The molecule has 7 nitrogen and oxygen atoms in total. The third-order valence-electron chi connectivity index (χ3n) is 5.21. The van der Waals surface area contributed by atoms with Gasteiger partial charge in [-0.25, -0.2) is 4.98 Å². The van der Waals surface area contributed by atoms with Crippen LogP contribution in [0, 0.1) is 0 Å². The molecular formula is C23H27ClN4O3. The van der Waals surface area contributed by atoms with Gasteiger partial charge in [0, 0.05) is 30.3 Å². The Kier molecular flexibility index (Phi) is 7.06. The second-order valence-electron chi connectivity index (χ2n) is 7.56. The van der Waals surface area contributed by atoms with Crippen LogP contribution in [0.2, 0.25) is 5.02 Å². The molecule has 8 heteroatoms. The van der Waals surface area contributed by atoms with Gasteiger partial charge in [-0.05, 0) is 48.9 Å². The highest BCUT2D eigenvalue weighted by atomic mass is 35.5. The van der Waals surface area contributed by atoms with E-state index in [1.807, 2.05) is 18.2 Å². The molecule has 0 atom stereocenters. The second-order valence-corrected chi connectivity index (χ2v) is 8.00. The molecular weight excluding hydrogens is 416 g/mol. The van der Waals surface area contributed by atoms with E-state index in [1.54, 1.807) is 24.3 Å². The number of aryl methyl sites for hydroxylation is 1. The number of anilines is 1. The molecule has 2 aromatic carbocycles. The minimum atomic E-state index is -0.226. The summed E-state index contributed by atoms with van der Waals surface area (Å²) in [6, 6.07) is 12.8. The van der Waals surface area contributed by atoms with Crippen molar-refractivity contribution in [2.75, 3.05) is 38.2 Å². The van der Waals surface area contributed by atoms with Gasteiger partial charge < -0.3 is 19.4 Å². The third kappa shape index (κ3) is 5.55. The van der Waals surface area contributed by atoms with Gasteiger partial charge in [-0.1, -0.05) is 18.5 Å². The van der Waals surface area contributed by atoms with Crippen LogP contribution in [0.3, 0.4) is 0 Å². The number of morpholine rings is 1. The number of carbonyl (C=O) groups excluding carboxylic acids is 1. The Bertz CT molecular complexity index is 1030. The topological polar surface area (TPSA) is 68.6 Å². The highest BCUT2D eigenvalue weighted by Crippen LogP contribution is 2.22. The standard InChI is InChI=1S/C23H27ClN4O3/c1-2-9-28-21-8-5-18(25-23(29)16-31-19-6-3-17(24)4-7-19)14-20(21)26-22(28)15-27-10-12-30-13-11-27/h3-8,14H,2,9-13,15-16H2,1H3,(H,25,29). The Morgan fingerprint density at radius 2 is 1.97 bits per heavy atom. The number of hydrogen-bond acceptors (Lipinski definition) is 5. The number of amides is 1. The van der Waals surface area contributed by atoms with Crippen molar-refractivity contribution in [2.24, 2.45) is 0 Å². The number of aromatic nitrogens is 2. The molecule has 1 fully saturated rings. The molecule has 4 rings (SSSR count). The van der Waals surface area contributed by atoms with Crippen molar-refractivity contribution in [1.29, 1.82) is 0 Å². The highest BCUT2D eigenvalue weighted by Gasteiger charge is 2.17. The predicted molar refractivity (Wildman–Crippen MR) is 122 cm³/mol. The fourth-order valence-corrected chi connectivity index (χ4v) is 3.81. The molecule has 1 aliphatic rings. The molecule has 0 unspecified atom stereocenters. The summed E-state index contributed by atoms with van der Waals surface area (Å²) >= 11 is 5.87. The first kappa shape index (κ1) is 21.6. The zero-order valence-corrected chi connectivity index (χ0v) is 18.4. The van der Waals surface area contributed by atoms with Gasteiger partial charge in [-0.2, -0.15) is 0 Å². The molecule has 31 heavy (non-hydrogen) atoms. The summed E-state index contributed by atoms with van der Waals surface area (Å²) in [5.74, 6) is 1.42. The van der Waals surface area contributed by atoms with Gasteiger partial charge in [-0.15, -0.1) is 0 Å². The fraction of sp³-hybridized carbons (Fsp3) is 0.391. The van der Waals surface area contributed by atoms with Crippen molar-refractivity contribution in [3.8, 4) is 5.75 Å². The lowest BCUT2D eigenvalue weighted by atomic mass is 10.2. The normalized spacial score (nSPS) is 14.6. The monoisotopic (exact) mass is 442 g/mol. The smallest absolute Gasteiger partial charge is 0.262 e. The number of carbonyl (C=O) groups is 1. The average Bonchev–Trinajstić information content (AvgIpc) is 3.10. The summed E-state index contributed by atoms with van der Waals surface area (Å²) in [6.45, 7) is 7.18. The first-order valence-electron chi connectivity index (χ1n) is 10.6. The lowest BCUT2D eigenvalue weighted by Crippen LogP contribution is -2.36. The molecule has 0 radical (unpaired) electrons. The van der Waals surface area contributed by atoms with E-state index in [-0.39, 0.29) is 12.5 Å². The zero-order chi connectivity index (χ0) is 21.6. The number of benzene rings is 2. The van der Waals surface area contributed by atoms with E-state index >= 15 is 0 Å². The van der Waals surface area contributed by atoms with Crippen molar-refractivity contribution in [2.45, 2.75) is 26.4 Å². The lowest BCUT2D eigenvalue weighted by molar-refractivity contribution is -0.118. The molecule has 164 valence electrons. The minimum Gasteiger partial charge on any atom is -0.484 e. The van der Waals surface area contributed by atoms with Crippen LogP contribution >= 0.6 is 11.6 Å². The van der Waals surface area contributed by atoms with Crippen molar-refractivity contribution >= 4 is 34.2 Å². The molecule has 0 bridgehead atoms. The van der Waals surface area contributed by atoms with Crippen LogP contribution in [0.1, 0.15) is 19.2 Å². The van der Waals surface area contributed by atoms with Gasteiger partial charge in [0.1, 0.15) is 11.6 Å². The van der Waals surface area contributed by atoms with Crippen LogP contribution in [0.15, 0.2) is 42.5 Å². The van der Waals surface area contributed by atoms with E-state index in [0.29, 0.717) is 16.5 Å². The minimum absolute atomic E-state index is 0.0772. The Labute approximate surface area is 186 Å². The average molecular weight is 443 g/mol. The maximum atomic E-state index is 12.3.